The molecular weight excluding hydrogens is 454 g/mol. The predicted molar refractivity (Wildman–Crippen MR) is 136 cm³/mol. The number of aromatic carboxylic acids is 1. The van der Waals surface area contributed by atoms with E-state index >= 15 is 0 Å². The number of amides is 1. The second kappa shape index (κ2) is 10.9. The van der Waals surface area contributed by atoms with Crippen LogP contribution in [0.15, 0.2) is 79.1 Å². The summed E-state index contributed by atoms with van der Waals surface area (Å²) < 4.78 is 6.08. The Morgan fingerprint density at radius 3 is 2.31 bits per heavy atom. The van der Waals surface area contributed by atoms with Crippen molar-refractivity contribution in [3.05, 3.63) is 101 Å². The van der Waals surface area contributed by atoms with Gasteiger partial charge in [-0.3, -0.25) is 14.8 Å². The highest BCUT2D eigenvalue weighted by Crippen LogP contribution is 2.36. The van der Waals surface area contributed by atoms with Gasteiger partial charge in [0.25, 0.3) is 0 Å². The van der Waals surface area contributed by atoms with Crippen molar-refractivity contribution in [3.63, 3.8) is 0 Å². The minimum atomic E-state index is -0.942. The maximum atomic E-state index is 13.2. The third-order valence-electron chi connectivity index (χ3n) is 7.39. The maximum absolute atomic E-state index is 13.2. The van der Waals surface area contributed by atoms with Crippen molar-refractivity contribution in [1.29, 1.82) is 0 Å². The lowest BCUT2D eigenvalue weighted by atomic mass is 9.86. The standard InChI is InChI=1S/C23H26N2O2.C6H5NO2/c26-23(27-21-16-24-13-10-18(21)11-14-24)25-15-12-17-6-4-5-9-20(17)22(25)19-7-2-1-3-8-19;8-6(9)5-2-1-3-7-4-5/h1-9,18,21-22H,10-16H2;1-4H,(H,8,9)/t21-,22-;/m0./s1. The SMILES string of the molecule is O=C(O)c1cccnc1.O=C(O[C@H]1CN2CCC1CC2)N1CCc2ccccc2[C@@H]1c1ccccc1. The maximum Gasteiger partial charge on any atom is 0.410 e. The first-order valence-corrected chi connectivity index (χ1v) is 12.6. The molecule has 186 valence electrons. The molecule has 0 spiro atoms. The first kappa shape index (κ1) is 24.0. The molecule has 4 aliphatic heterocycles. The predicted octanol–water partition coefficient (Wildman–Crippen LogP) is 4.64. The highest BCUT2D eigenvalue weighted by Gasteiger charge is 2.39. The fraction of sp³-hybridized carbons (Fsp3) is 0.345. The van der Waals surface area contributed by atoms with Crippen LogP contribution in [0, 0.1) is 5.92 Å². The van der Waals surface area contributed by atoms with Crippen LogP contribution >= 0.6 is 0 Å². The van der Waals surface area contributed by atoms with E-state index in [1.54, 1.807) is 6.07 Å². The lowest BCUT2D eigenvalue weighted by molar-refractivity contribution is -0.0462. The zero-order valence-electron chi connectivity index (χ0n) is 20.2. The monoisotopic (exact) mass is 485 g/mol. The second-order valence-electron chi connectivity index (χ2n) is 9.56. The van der Waals surface area contributed by atoms with Crippen LogP contribution in [0.2, 0.25) is 0 Å². The molecule has 7 nitrogen and oxygen atoms in total. The van der Waals surface area contributed by atoms with Gasteiger partial charge in [-0.05, 0) is 67.1 Å². The minimum Gasteiger partial charge on any atom is -0.478 e. The van der Waals surface area contributed by atoms with Crippen molar-refractivity contribution in [2.24, 2.45) is 5.92 Å². The molecule has 3 fully saturated rings. The van der Waals surface area contributed by atoms with Crippen LogP contribution in [-0.2, 0) is 11.2 Å². The van der Waals surface area contributed by atoms with E-state index < -0.39 is 5.97 Å². The second-order valence-corrected chi connectivity index (χ2v) is 9.56. The van der Waals surface area contributed by atoms with Gasteiger partial charge in [0.1, 0.15) is 6.10 Å². The molecular formula is C29H31N3O4. The van der Waals surface area contributed by atoms with E-state index in [1.807, 2.05) is 23.1 Å². The zero-order chi connectivity index (χ0) is 24.9. The molecule has 2 aromatic carbocycles. The number of aromatic nitrogens is 1. The summed E-state index contributed by atoms with van der Waals surface area (Å²) in [6, 6.07) is 21.8. The third kappa shape index (κ3) is 5.26. The Bertz CT molecular complexity index is 1180. The highest BCUT2D eigenvalue weighted by atomic mass is 16.6. The molecule has 36 heavy (non-hydrogen) atoms. The number of pyridine rings is 1. The van der Waals surface area contributed by atoms with Crippen molar-refractivity contribution in [2.75, 3.05) is 26.2 Å². The van der Waals surface area contributed by atoms with Gasteiger partial charge in [-0.25, -0.2) is 9.59 Å². The van der Waals surface area contributed by atoms with Gasteiger partial charge in [-0.1, -0.05) is 54.6 Å². The number of benzene rings is 2. The molecule has 1 N–H and O–H groups in total. The van der Waals surface area contributed by atoms with Crippen LogP contribution in [0.3, 0.4) is 0 Å². The Balaban J connectivity index is 0.000000252. The van der Waals surface area contributed by atoms with Gasteiger partial charge in [-0.2, -0.15) is 0 Å². The van der Waals surface area contributed by atoms with Crippen LogP contribution in [0.4, 0.5) is 4.79 Å². The highest BCUT2D eigenvalue weighted by molar-refractivity contribution is 5.86. The van der Waals surface area contributed by atoms with Gasteiger partial charge < -0.3 is 9.84 Å². The number of piperidine rings is 3. The van der Waals surface area contributed by atoms with Crippen LogP contribution in [0.1, 0.15) is 45.9 Å². The first-order chi connectivity index (χ1) is 17.6. The number of carbonyl (C=O) groups is 2. The Hall–Kier alpha value is -3.71. The van der Waals surface area contributed by atoms with E-state index in [9.17, 15) is 9.59 Å². The summed E-state index contributed by atoms with van der Waals surface area (Å²) in [5, 5.41) is 8.34. The molecule has 3 aromatic rings. The van der Waals surface area contributed by atoms with E-state index in [0.717, 1.165) is 44.5 Å². The summed E-state index contributed by atoms with van der Waals surface area (Å²) in [7, 11) is 0. The Kier molecular flexibility index (Phi) is 7.28. The molecule has 7 rings (SSSR count). The van der Waals surface area contributed by atoms with Gasteiger partial charge in [-0.15, -0.1) is 0 Å². The third-order valence-corrected chi connectivity index (χ3v) is 7.39. The number of carboxylic acids is 1. The zero-order valence-corrected chi connectivity index (χ0v) is 20.2. The number of carboxylic acid groups (broad SMARTS) is 1. The molecule has 0 saturated carbocycles. The molecule has 1 amide bonds. The molecule has 2 atom stereocenters. The quantitative estimate of drug-likeness (QED) is 0.582. The van der Waals surface area contributed by atoms with E-state index in [4.69, 9.17) is 9.84 Å². The van der Waals surface area contributed by atoms with Gasteiger partial charge in [0.05, 0.1) is 11.6 Å². The Labute approximate surface area is 211 Å². The van der Waals surface area contributed by atoms with Crippen LogP contribution in [0.25, 0.3) is 0 Å². The molecule has 7 heteroatoms. The van der Waals surface area contributed by atoms with Crippen molar-refractivity contribution < 1.29 is 19.4 Å². The average molecular weight is 486 g/mol. The van der Waals surface area contributed by atoms with Gasteiger partial charge in [0.15, 0.2) is 0 Å². The lowest BCUT2D eigenvalue weighted by Crippen LogP contribution is -2.53. The Morgan fingerprint density at radius 2 is 1.67 bits per heavy atom. The minimum absolute atomic E-state index is 0.0496. The number of nitrogens with zero attached hydrogens (tertiary/aromatic N) is 3. The van der Waals surface area contributed by atoms with Crippen molar-refractivity contribution in [2.45, 2.75) is 31.4 Å². The summed E-state index contributed by atoms with van der Waals surface area (Å²) in [5.74, 6) is -0.408. The molecule has 1 aromatic heterocycles. The lowest BCUT2D eigenvalue weighted by Gasteiger charge is -2.45. The molecule has 4 aliphatic rings. The molecule has 0 unspecified atom stereocenters. The Morgan fingerprint density at radius 1 is 0.917 bits per heavy atom. The number of hydrogen-bond donors (Lipinski definition) is 1. The topological polar surface area (TPSA) is 83.0 Å². The first-order valence-electron chi connectivity index (χ1n) is 12.6. The molecule has 0 radical (unpaired) electrons. The number of carbonyl (C=O) groups excluding carboxylic acids is 1. The van der Waals surface area contributed by atoms with Crippen LogP contribution < -0.4 is 0 Å². The summed E-state index contributed by atoms with van der Waals surface area (Å²) in [6.07, 6.45) is 5.93. The molecule has 0 aliphatic carbocycles. The smallest absolute Gasteiger partial charge is 0.410 e. The fourth-order valence-corrected chi connectivity index (χ4v) is 5.49. The van der Waals surface area contributed by atoms with E-state index in [0.29, 0.717) is 12.5 Å². The average Bonchev–Trinajstić information content (AvgIpc) is 2.94. The van der Waals surface area contributed by atoms with E-state index in [1.165, 1.54) is 29.6 Å². The number of rotatable bonds is 3. The summed E-state index contributed by atoms with van der Waals surface area (Å²) in [6.45, 7) is 3.91. The number of hydrogen-bond acceptors (Lipinski definition) is 5. The number of ether oxygens (including phenoxy) is 1. The van der Waals surface area contributed by atoms with E-state index in [-0.39, 0.29) is 23.8 Å². The van der Waals surface area contributed by atoms with Crippen molar-refractivity contribution in [3.8, 4) is 0 Å². The fourth-order valence-electron chi connectivity index (χ4n) is 5.49. The van der Waals surface area contributed by atoms with Crippen molar-refractivity contribution in [1.82, 2.24) is 14.8 Å². The molecule has 5 heterocycles. The summed E-state index contributed by atoms with van der Waals surface area (Å²) in [4.78, 5) is 31.4. The van der Waals surface area contributed by atoms with Gasteiger partial charge in [0, 0.05) is 25.5 Å². The van der Waals surface area contributed by atoms with Gasteiger partial charge in [0.2, 0.25) is 0 Å². The molecule has 2 bridgehead atoms. The summed E-state index contributed by atoms with van der Waals surface area (Å²) >= 11 is 0. The normalized spacial score (nSPS) is 24.2. The summed E-state index contributed by atoms with van der Waals surface area (Å²) in [5.41, 5.74) is 3.92. The largest absolute Gasteiger partial charge is 0.478 e. The van der Waals surface area contributed by atoms with E-state index in [2.05, 4.69) is 46.3 Å². The molecule has 3 saturated heterocycles. The van der Waals surface area contributed by atoms with Crippen LogP contribution in [0.5, 0.6) is 0 Å². The van der Waals surface area contributed by atoms with Crippen LogP contribution in [-0.4, -0.2) is 64.2 Å². The van der Waals surface area contributed by atoms with Gasteiger partial charge >= 0.3 is 12.1 Å². The van der Waals surface area contributed by atoms with Crippen molar-refractivity contribution >= 4 is 12.1 Å². The number of fused-ring (bicyclic) bond motifs is 4.